The number of rotatable bonds is 4. The summed E-state index contributed by atoms with van der Waals surface area (Å²) >= 11 is 0. The van der Waals surface area contributed by atoms with Gasteiger partial charge in [0.05, 0.1) is 11.1 Å². The molecule has 0 unspecified atom stereocenters. The Morgan fingerprint density at radius 2 is 1.70 bits per heavy atom. The van der Waals surface area contributed by atoms with Gasteiger partial charge in [0.2, 0.25) is 6.79 Å². The summed E-state index contributed by atoms with van der Waals surface area (Å²) in [5, 5.41) is 23.2. The largest absolute Gasteiger partial charge is 0.508 e. The number of hydrogen-bond donors (Lipinski definition) is 2. The molecule has 0 amide bonds. The minimum Gasteiger partial charge on any atom is -0.508 e. The number of piperazine rings is 1. The number of hydrogen-bond acceptors (Lipinski definition) is 9. The number of nitrogens with zero attached hydrogens (tertiary/aromatic N) is 6. The van der Waals surface area contributed by atoms with Gasteiger partial charge < -0.3 is 24.5 Å². The van der Waals surface area contributed by atoms with Crippen molar-refractivity contribution < 1.29 is 14.6 Å². The molecule has 37 heavy (non-hydrogen) atoms. The Balaban J connectivity index is 1.40. The van der Waals surface area contributed by atoms with Gasteiger partial charge in [0.15, 0.2) is 17.3 Å². The van der Waals surface area contributed by atoms with Gasteiger partial charge in [-0.2, -0.15) is 0 Å². The lowest BCUT2D eigenvalue weighted by Gasteiger charge is -2.40. The van der Waals surface area contributed by atoms with E-state index in [0.717, 1.165) is 24.2 Å². The summed E-state index contributed by atoms with van der Waals surface area (Å²) in [7, 11) is 0. The summed E-state index contributed by atoms with van der Waals surface area (Å²) in [6, 6.07) is 12.4. The molecule has 192 valence electrons. The SMILES string of the molecule is CC(C)(C)n1nnnc1[C@H](c1cc2cc3c(cc2[nH]c1=O)OCO3)N1CCN(c2ccc(O)cc2)CC1. The number of aromatic amines is 1. The fourth-order valence-electron chi connectivity index (χ4n) is 5.06. The van der Waals surface area contributed by atoms with E-state index in [2.05, 4.69) is 30.3 Å². The maximum absolute atomic E-state index is 13.5. The van der Waals surface area contributed by atoms with Gasteiger partial charge in [0.25, 0.3) is 5.56 Å². The van der Waals surface area contributed by atoms with Crippen molar-refractivity contribution in [1.29, 1.82) is 0 Å². The molecule has 0 saturated carbocycles. The number of aromatic nitrogens is 5. The molecular weight excluding hydrogens is 474 g/mol. The summed E-state index contributed by atoms with van der Waals surface area (Å²) in [5.74, 6) is 2.14. The molecule has 0 bridgehead atoms. The zero-order valence-corrected chi connectivity index (χ0v) is 21.0. The first-order valence-corrected chi connectivity index (χ1v) is 12.3. The highest BCUT2D eigenvalue weighted by Crippen LogP contribution is 2.37. The number of aromatic hydroxyl groups is 1. The third kappa shape index (κ3) is 4.25. The van der Waals surface area contributed by atoms with Crippen LogP contribution >= 0.6 is 0 Å². The van der Waals surface area contributed by atoms with Gasteiger partial charge in [-0.3, -0.25) is 9.69 Å². The van der Waals surface area contributed by atoms with Gasteiger partial charge in [-0.1, -0.05) is 0 Å². The van der Waals surface area contributed by atoms with E-state index in [1.165, 1.54) is 0 Å². The van der Waals surface area contributed by atoms with E-state index < -0.39 is 6.04 Å². The lowest BCUT2D eigenvalue weighted by Crippen LogP contribution is -2.49. The van der Waals surface area contributed by atoms with Crippen LogP contribution in [0.4, 0.5) is 5.69 Å². The topological polar surface area (TPSA) is 122 Å². The Bertz CT molecular complexity index is 1500. The summed E-state index contributed by atoms with van der Waals surface area (Å²) in [6.07, 6.45) is 0. The zero-order chi connectivity index (χ0) is 25.7. The smallest absolute Gasteiger partial charge is 0.253 e. The van der Waals surface area contributed by atoms with Crippen LogP contribution in [0.2, 0.25) is 0 Å². The van der Waals surface area contributed by atoms with Crippen molar-refractivity contribution >= 4 is 16.6 Å². The van der Waals surface area contributed by atoms with Gasteiger partial charge in [-0.25, -0.2) is 4.68 Å². The molecule has 0 spiro atoms. The van der Waals surface area contributed by atoms with Crippen LogP contribution in [0.1, 0.15) is 38.2 Å². The Kier molecular flexibility index (Phi) is 5.52. The summed E-state index contributed by atoms with van der Waals surface area (Å²) < 4.78 is 12.9. The summed E-state index contributed by atoms with van der Waals surface area (Å²) in [4.78, 5) is 21.1. The fourth-order valence-corrected chi connectivity index (χ4v) is 5.06. The molecular formula is C26H29N7O4. The monoisotopic (exact) mass is 503 g/mol. The van der Waals surface area contributed by atoms with Crippen molar-refractivity contribution in [2.24, 2.45) is 0 Å². The van der Waals surface area contributed by atoms with Crippen molar-refractivity contribution in [2.75, 3.05) is 37.9 Å². The number of nitrogens with one attached hydrogen (secondary N) is 1. The minimum absolute atomic E-state index is 0.164. The molecule has 2 aliphatic rings. The quantitative estimate of drug-likeness (QED) is 0.433. The predicted molar refractivity (Wildman–Crippen MR) is 137 cm³/mol. The van der Waals surface area contributed by atoms with Crippen molar-refractivity contribution in [2.45, 2.75) is 32.4 Å². The van der Waals surface area contributed by atoms with Gasteiger partial charge in [-0.15, -0.1) is 5.10 Å². The first-order valence-electron chi connectivity index (χ1n) is 12.3. The molecule has 2 aromatic heterocycles. The lowest BCUT2D eigenvalue weighted by atomic mass is 10.0. The fraction of sp³-hybridized carbons (Fsp3) is 0.385. The van der Waals surface area contributed by atoms with Crippen molar-refractivity contribution in [3.8, 4) is 17.2 Å². The second-order valence-corrected chi connectivity index (χ2v) is 10.4. The lowest BCUT2D eigenvalue weighted by molar-refractivity contribution is 0.174. The van der Waals surface area contributed by atoms with Crippen LogP contribution in [0.25, 0.3) is 10.9 Å². The maximum Gasteiger partial charge on any atom is 0.253 e. The average molecular weight is 504 g/mol. The molecule has 4 aromatic rings. The Labute approximate surface area is 213 Å². The molecule has 6 rings (SSSR count). The highest BCUT2D eigenvalue weighted by molar-refractivity contribution is 5.83. The van der Waals surface area contributed by atoms with E-state index in [4.69, 9.17) is 9.47 Å². The van der Waals surface area contributed by atoms with E-state index in [0.29, 0.717) is 41.5 Å². The molecule has 2 aromatic carbocycles. The number of benzene rings is 2. The highest BCUT2D eigenvalue weighted by atomic mass is 16.7. The molecule has 2 N–H and O–H groups in total. The van der Waals surface area contributed by atoms with Crippen LogP contribution in [0, 0.1) is 0 Å². The zero-order valence-electron chi connectivity index (χ0n) is 21.0. The summed E-state index contributed by atoms with van der Waals surface area (Å²) in [5.41, 5.74) is 1.74. The number of pyridine rings is 1. The first kappa shape index (κ1) is 23.3. The molecule has 11 nitrogen and oxygen atoms in total. The standard InChI is InChI=1S/C26H29N7O4/c1-26(2,3)33-24(28-29-30-33)23(32-10-8-31(9-11-32)17-4-6-18(34)7-5-17)19-12-16-13-21-22(37-15-36-21)14-20(16)27-25(19)35/h4-7,12-14,23,34H,8-11,15H2,1-3H3,(H,27,35)/t23-/m0/s1. The number of fused-ring (bicyclic) bond motifs is 2. The van der Waals surface area contributed by atoms with Crippen molar-refractivity contribution in [1.82, 2.24) is 30.1 Å². The highest BCUT2D eigenvalue weighted by Gasteiger charge is 2.35. The van der Waals surface area contributed by atoms with E-state index in [1.54, 1.807) is 22.9 Å². The second-order valence-electron chi connectivity index (χ2n) is 10.4. The minimum atomic E-state index is -0.449. The van der Waals surface area contributed by atoms with Gasteiger partial charge in [0.1, 0.15) is 11.8 Å². The molecule has 1 saturated heterocycles. The third-order valence-corrected chi connectivity index (χ3v) is 6.93. The van der Waals surface area contributed by atoms with Crippen LogP contribution in [0.3, 0.4) is 0 Å². The molecule has 0 aliphatic carbocycles. The number of tetrazole rings is 1. The number of ether oxygens (including phenoxy) is 2. The molecule has 1 fully saturated rings. The number of anilines is 1. The molecule has 0 radical (unpaired) electrons. The number of phenols is 1. The van der Waals surface area contributed by atoms with Crippen molar-refractivity contribution in [3.63, 3.8) is 0 Å². The maximum atomic E-state index is 13.5. The Morgan fingerprint density at radius 1 is 1.00 bits per heavy atom. The van der Waals surface area contributed by atoms with E-state index in [9.17, 15) is 9.90 Å². The number of phenolic OH excluding ortho intramolecular Hbond substituents is 1. The van der Waals surface area contributed by atoms with Crippen LogP contribution in [0.5, 0.6) is 17.2 Å². The van der Waals surface area contributed by atoms with Gasteiger partial charge in [0, 0.05) is 48.9 Å². The second kappa shape index (κ2) is 8.77. The van der Waals surface area contributed by atoms with Crippen LogP contribution in [-0.2, 0) is 5.54 Å². The van der Waals surface area contributed by atoms with Crippen LogP contribution < -0.4 is 19.9 Å². The summed E-state index contributed by atoms with van der Waals surface area (Å²) in [6.45, 7) is 9.18. The van der Waals surface area contributed by atoms with Crippen molar-refractivity contribution in [3.05, 3.63) is 64.2 Å². The molecule has 2 aliphatic heterocycles. The third-order valence-electron chi connectivity index (χ3n) is 6.93. The first-order chi connectivity index (χ1) is 17.8. The van der Waals surface area contributed by atoms with Gasteiger partial charge >= 0.3 is 0 Å². The predicted octanol–water partition coefficient (Wildman–Crippen LogP) is 2.62. The van der Waals surface area contributed by atoms with E-state index in [1.807, 2.05) is 45.0 Å². The van der Waals surface area contributed by atoms with E-state index in [-0.39, 0.29) is 23.6 Å². The number of H-pyrrole nitrogens is 1. The Hall–Kier alpha value is -4.12. The molecule has 4 heterocycles. The van der Waals surface area contributed by atoms with E-state index >= 15 is 0 Å². The van der Waals surface area contributed by atoms with Crippen LogP contribution in [-0.4, -0.2) is 68.2 Å². The average Bonchev–Trinajstić information content (AvgIpc) is 3.54. The Morgan fingerprint density at radius 3 is 2.41 bits per heavy atom. The van der Waals surface area contributed by atoms with Gasteiger partial charge in [-0.05, 0) is 67.6 Å². The normalized spacial score (nSPS) is 16.9. The molecule has 1 atom stereocenters. The van der Waals surface area contributed by atoms with Crippen LogP contribution in [0.15, 0.2) is 47.3 Å². The molecule has 11 heteroatoms.